The van der Waals surface area contributed by atoms with Crippen LogP contribution in [0.25, 0.3) is 0 Å². The number of nitrogens with zero attached hydrogens (tertiary/aromatic N) is 1. The van der Waals surface area contributed by atoms with Crippen LogP contribution in [-0.4, -0.2) is 43.0 Å². The van der Waals surface area contributed by atoms with E-state index in [0.717, 1.165) is 9.37 Å². The molecule has 0 unspecified atom stereocenters. The summed E-state index contributed by atoms with van der Waals surface area (Å²) in [5.41, 5.74) is 0.347. The van der Waals surface area contributed by atoms with Crippen LogP contribution >= 0.6 is 15.9 Å². The summed E-state index contributed by atoms with van der Waals surface area (Å²) < 4.78 is 36.5. The Labute approximate surface area is 122 Å². The van der Waals surface area contributed by atoms with Crippen molar-refractivity contribution in [3.05, 3.63) is 34.3 Å². The fraction of sp³-hybridized carbons (Fsp3) is 0.333. The number of hydrogen-bond donors (Lipinski definition) is 1. The van der Waals surface area contributed by atoms with Gasteiger partial charge in [0.05, 0.1) is 6.54 Å². The molecule has 0 radical (unpaired) electrons. The molecule has 110 valence electrons. The summed E-state index contributed by atoms with van der Waals surface area (Å²) in [7, 11) is 1.34. The topological polar surface area (TPSA) is 49.4 Å². The van der Waals surface area contributed by atoms with E-state index in [1.807, 2.05) is 0 Å². The van der Waals surface area contributed by atoms with Crippen LogP contribution in [0.2, 0.25) is 0 Å². The zero-order valence-electron chi connectivity index (χ0n) is 10.5. The van der Waals surface area contributed by atoms with Crippen LogP contribution in [0.15, 0.2) is 28.7 Å². The van der Waals surface area contributed by atoms with E-state index in [1.165, 1.54) is 7.05 Å². The lowest BCUT2D eigenvalue weighted by Crippen LogP contribution is -2.41. The number of rotatable bonds is 4. The first-order valence-electron chi connectivity index (χ1n) is 5.53. The van der Waals surface area contributed by atoms with Gasteiger partial charge in [0, 0.05) is 17.1 Å². The third-order valence-electron chi connectivity index (χ3n) is 2.30. The molecule has 0 spiro atoms. The standard InChI is InChI=1S/C12H12BrF3N2O2/c1-18(6-10(19)17-7-12(14,15)16)11(20)8-2-4-9(13)5-3-8/h2-5H,6-7H2,1H3,(H,17,19). The SMILES string of the molecule is CN(CC(=O)NCC(F)(F)F)C(=O)c1ccc(Br)cc1. The largest absolute Gasteiger partial charge is 0.405 e. The summed E-state index contributed by atoms with van der Waals surface area (Å²) in [4.78, 5) is 24.2. The van der Waals surface area contributed by atoms with Crippen LogP contribution in [0, 0.1) is 0 Å². The van der Waals surface area contributed by atoms with E-state index in [2.05, 4.69) is 15.9 Å². The van der Waals surface area contributed by atoms with Gasteiger partial charge in [0.2, 0.25) is 5.91 Å². The molecule has 0 atom stereocenters. The summed E-state index contributed by atoms with van der Waals surface area (Å²) in [5, 5.41) is 1.70. The van der Waals surface area contributed by atoms with Crippen molar-refractivity contribution in [1.82, 2.24) is 10.2 Å². The first kappa shape index (κ1) is 16.5. The second-order valence-corrected chi connectivity index (χ2v) is 4.98. The van der Waals surface area contributed by atoms with Crippen molar-refractivity contribution in [2.24, 2.45) is 0 Å². The summed E-state index contributed by atoms with van der Waals surface area (Å²) >= 11 is 3.22. The van der Waals surface area contributed by atoms with Crippen LogP contribution in [0.1, 0.15) is 10.4 Å². The summed E-state index contributed by atoms with van der Waals surface area (Å²) in [6.07, 6.45) is -4.47. The second-order valence-electron chi connectivity index (χ2n) is 4.06. The molecule has 20 heavy (non-hydrogen) atoms. The molecule has 0 aliphatic carbocycles. The number of carbonyl (C=O) groups is 2. The summed E-state index contributed by atoms with van der Waals surface area (Å²) in [6, 6.07) is 6.42. The Morgan fingerprint density at radius 3 is 2.30 bits per heavy atom. The van der Waals surface area contributed by atoms with Gasteiger partial charge in [-0.15, -0.1) is 0 Å². The quantitative estimate of drug-likeness (QED) is 0.902. The molecule has 1 aromatic carbocycles. The van der Waals surface area contributed by atoms with Crippen LogP contribution < -0.4 is 5.32 Å². The average molecular weight is 353 g/mol. The molecule has 0 aromatic heterocycles. The third-order valence-corrected chi connectivity index (χ3v) is 2.83. The molecule has 0 heterocycles. The highest BCUT2D eigenvalue weighted by atomic mass is 79.9. The van der Waals surface area contributed by atoms with Crippen molar-refractivity contribution in [1.29, 1.82) is 0 Å². The minimum Gasteiger partial charge on any atom is -0.345 e. The van der Waals surface area contributed by atoms with E-state index >= 15 is 0 Å². The monoisotopic (exact) mass is 352 g/mol. The zero-order valence-corrected chi connectivity index (χ0v) is 12.1. The molecule has 1 N–H and O–H groups in total. The van der Waals surface area contributed by atoms with Gasteiger partial charge < -0.3 is 10.2 Å². The van der Waals surface area contributed by atoms with E-state index in [-0.39, 0.29) is 0 Å². The van der Waals surface area contributed by atoms with Crippen LogP contribution in [-0.2, 0) is 4.79 Å². The minimum absolute atomic E-state index is 0.347. The third kappa shape index (κ3) is 5.60. The smallest absolute Gasteiger partial charge is 0.345 e. The van der Waals surface area contributed by atoms with E-state index < -0.39 is 31.1 Å². The lowest BCUT2D eigenvalue weighted by Gasteiger charge is -2.17. The Morgan fingerprint density at radius 2 is 1.80 bits per heavy atom. The van der Waals surface area contributed by atoms with Crippen molar-refractivity contribution in [3.63, 3.8) is 0 Å². The Bertz CT molecular complexity index is 488. The Hall–Kier alpha value is -1.57. The number of nitrogens with one attached hydrogen (secondary N) is 1. The van der Waals surface area contributed by atoms with Crippen LogP contribution in [0.4, 0.5) is 13.2 Å². The molecule has 0 saturated carbocycles. The van der Waals surface area contributed by atoms with E-state index in [9.17, 15) is 22.8 Å². The Kier molecular flexibility index (Phi) is 5.55. The molecular formula is C12H12BrF3N2O2. The molecule has 8 heteroatoms. The normalized spacial score (nSPS) is 11.1. The van der Waals surface area contributed by atoms with Crippen molar-refractivity contribution >= 4 is 27.7 Å². The van der Waals surface area contributed by atoms with Crippen LogP contribution in [0.3, 0.4) is 0 Å². The van der Waals surface area contributed by atoms with Gasteiger partial charge in [0.25, 0.3) is 5.91 Å². The Balaban J connectivity index is 2.53. The molecule has 1 rings (SSSR count). The Morgan fingerprint density at radius 1 is 1.25 bits per heavy atom. The predicted octanol–water partition coefficient (Wildman–Crippen LogP) is 2.20. The lowest BCUT2D eigenvalue weighted by molar-refractivity contribution is -0.138. The van der Waals surface area contributed by atoms with E-state index in [1.54, 1.807) is 29.6 Å². The summed E-state index contributed by atoms with van der Waals surface area (Å²) in [6.45, 7) is -1.85. The highest BCUT2D eigenvalue weighted by Crippen LogP contribution is 2.13. The first-order chi connectivity index (χ1) is 9.19. The zero-order chi connectivity index (χ0) is 15.3. The van der Waals surface area contributed by atoms with Gasteiger partial charge in [-0.05, 0) is 24.3 Å². The first-order valence-corrected chi connectivity index (χ1v) is 6.33. The molecule has 0 saturated heterocycles. The molecule has 0 aliphatic heterocycles. The second kappa shape index (κ2) is 6.74. The highest BCUT2D eigenvalue weighted by molar-refractivity contribution is 9.10. The molecular weight excluding hydrogens is 341 g/mol. The molecule has 1 aromatic rings. The molecule has 2 amide bonds. The number of likely N-dealkylation sites (N-methyl/N-ethyl adjacent to an activating group) is 1. The van der Waals surface area contributed by atoms with Gasteiger partial charge in [0.1, 0.15) is 6.54 Å². The number of carbonyl (C=O) groups excluding carboxylic acids is 2. The molecule has 0 aliphatic rings. The number of amides is 2. The minimum atomic E-state index is -4.47. The van der Waals surface area contributed by atoms with Gasteiger partial charge in [-0.3, -0.25) is 9.59 Å². The van der Waals surface area contributed by atoms with Gasteiger partial charge in [-0.25, -0.2) is 0 Å². The summed E-state index contributed by atoms with van der Waals surface area (Å²) in [5.74, 6) is -1.31. The molecule has 0 fully saturated rings. The maximum absolute atomic E-state index is 11.9. The molecule has 0 bridgehead atoms. The number of benzene rings is 1. The number of halogens is 4. The van der Waals surface area contributed by atoms with E-state index in [4.69, 9.17) is 0 Å². The van der Waals surface area contributed by atoms with Crippen molar-refractivity contribution < 1.29 is 22.8 Å². The van der Waals surface area contributed by atoms with Crippen LogP contribution in [0.5, 0.6) is 0 Å². The van der Waals surface area contributed by atoms with Crippen molar-refractivity contribution in [2.45, 2.75) is 6.18 Å². The van der Waals surface area contributed by atoms with E-state index in [0.29, 0.717) is 5.56 Å². The highest BCUT2D eigenvalue weighted by Gasteiger charge is 2.28. The maximum Gasteiger partial charge on any atom is 0.405 e. The fourth-order valence-electron chi connectivity index (χ4n) is 1.35. The fourth-order valence-corrected chi connectivity index (χ4v) is 1.62. The van der Waals surface area contributed by atoms with Crippen molar-refractivity contribution in [2.75, 3.05) is 20.1 Å². The number of alkyl halides is 3. The number of hydrogen-bond acceptors (Lipinski definition) is 2. The van der Waals surface area contributed by atoms with Gasteiger partial charge in [0.15, 0.2) is 0 Å². The van der Waals surface area contributed by atoms with Crippen molar-refractivity contribution in [3.8, 4) is 0 Å². The van der Waals surface area contributed by atoms with Gasteiger partial charge in [-0.2, -0.15) is 13.2 Å². The van der Waals surface area contributed by atoms with Gasteiger partial charge in [-0.1, -0.05) is 15.9 Å². The lowest BCUT2D eigenvalue weighted by atomic mass is 10.2. The average Bonchev–Trinajstić information content (AvgIpc) is 2.35. The predicted molar refractivity (Wildman–Crippen MR) is 70.2 cm³/mol. The maximum atomic E-state index is 11.9. The van der Waals surface area contributed by atoms with Gasteiger partial charge >= 0.3 is 6.18 Å². The molecule has 4 nitrogen and oxygen atoms in total.